The third kappa shape index (κ3) is 4.02. The Labute approximate surface area is 190 Å². The number of hydrogen-bond acceptors (Lipinski definition) is 6. The molecule has 0 N–H and O–H groups in total. The highest BCUT2D eigenvalue weighted by molar-refractivity contribution is 5.96. The summed E-state index contributed by atoms with van der Waals surface area (Å²) in [5, 5.41) is 4.15. The van der Waals surface area contributed by atoms with Crippen LogP contribution in [0.15, 0.2) is 4.52 Å². The Hall–Kier alpha value is -2.44. The molecule has 2 aromatic heterocycles. The average Bonchev–Trinajstić information content (AvgIpc) is 3.52. The van der Waals surface area contributed by atoms with Crippen LogP contribution in [0.2, 0.25) is 0 Å². The van der Waals surface area contributed by atoms with Crippen LogP contribution in [0, 0.1) is 19.8 Å². The highest BCUT2D eigenvalue weighted by atomic mass is 16.5. The predicted molar refractivity (Wildman–Crippen MR) is 123 cm³/mol. The molecule has 0 bridgehead atoms. The van der Waals surface area contributed by atoms with Crippen LogP contribution >= 0.6 is 0 Å². The Bertz CT molecular complexity index is 1010. The maximum Gasteiger partial charge on any atom is 0.259 e. The first-order valence-corrected chi connectivity index (χ1v) is 12.3. The van der Waals surface area contributed by atoms with Crippen molar-refractivity contribution in [3.63, 3.8) is 0 Å². The molecule has 172 valence electrons. The molecule has 1 saturated carbocycles. The molecular weight excluding hydrogens is 402 g/mol. The number of aryl methyl sites for hydroxylation is 2. The van der Waals surface area contributed by atoms with Crippen molar-refractivity contribution in [3.05, 3.63) is 34.1 Å². The van der Waals surface area contributed by atoms with Crippen molar-refractivity contribution < 1.29 is 9.32 Å². The second kappa shape index (κ2) is 8.49. The molecule has 3 aliphatic rings. The van der Waals surface area contributed by atoms with Gasteiger partial charge in [0.15, 0.2) is 0 Å². The van der Waals surface area contributed by atoms with E-state index in [4.69, 9.17) is 14.5 Å². The highest BCUT2D eigenvalue weighted by Gasteiger charge is 2.33. The van der Waals surface area contributed by atoms with Gasteiger partial charge in [-0.1, -0.05) is 19.0 Å². The van der Waals surface area contributed by atoms with Gasteiger partial charge in [0, 0.05) is 43.4 Å². The summed E-state index contributed by atoms with van der Waals surface area (Å²) >= 11 is 0. The number of hydrogen-bond donors (Lipinski definition) is 0. The van der Waals surface area contributed by atoms with Gasteiger partial charge in [-0.2, -0.15) is 0 Å². The maximum absolute atomic E-state index is 13.4. The van der Waals surface area contributed by atoms with E-state index >= 15 is 0 Å². The Morgan fingerprint density at radius 3 is 2.69 bits per heavy atom. The van der Waals surface area contributed by atoms with Crippen molar-refractivity contribution in [2.75, 3.05) is 31.1 Å². The van der Waals surface area contributed by atoms with Crippen molar-refractivity contribution in [2.24, 2.45) is 5.92 Å². The molecule has 1 atom stereocenters. The fourth-order valence-corrected chi connectivity index (χ4v) is 5.26. The standard InChI is InChI=1S/C25H35N5O2/c1-15(2)22-21(17(4)32-28-22)25(31)30-12-5-7-19(14-30)23-26-16(3)20-8-6-11-29(24(20)27-23)13-18-9-10-18/h15,18-19H,5-14H2,1-4H3/t19-/m0/s1. The summed E-state index contributed by atoms with van der Waals surface area (Å²) in [6.45, 7) is 11.7. The van der Waals surface area contributed by atoms with Gasteiger partial charge in [0.05, 0.1) is 5.69 Å². The molecule has 0 spiro atoms. The molecule has 5 rings (SSSR count). The lowest BCUT2D eigenvalue weighted by Crippen LogP contribution is -2.40. The molecule has 2 aromatic rings. The summed E-state index contributed by atoms with van der Waals surface area (Å²) in [7, 11) is 0. The quantitative estimate of drug-likeness (QED) is 0.691. The van der Waals surface area contributed by atoms with Gasteiger partial charge in [-0.25, -0.2) is 9.97 Å². The van der Waals surface area contributed by atoms with Crippen LogP contribution in [-0.4, -0.2) is 52.1 Å². The number of carbonyl (C=O) groups is 1. The number of rotatable bonds is 5. The highest BCUT2D eigenvalue weighted by Crippen LogP contribution is 2.36. The van der Waals surface area contributed by atoms with Crippen LogP contribution in [0.4, 0.5) is 5.82 Å². The Balaban J connectivity index is 1.39. The van der Waals surface area contributed by atoms with E-state index in [1.54, 1.807) is 0 Å². The summed E-state index contributed by atoms with van der Waals surface area (Å²) < 4.78 is 5.38. The third-order valence-electron chi connectivity index (χ3n) is 7.26. The molecule has 4 heterocycles. The second-order valence-electron chi connectivity index (χ2n) is 10.2. The Kier molecular flexibility index (Phi) is 5.68. The number of likely N-dealkylation sites (tertiary alicyclic amines) is 1. The van der Waals surface area contributed by atoms with E-state index < -0.39 is 0 Å². The van der Waals surface area contributed by atoms with Gasteiger partial charge >= 0.3 is 0 Å². The largest absolute Gasteiger partial charge is 0.361 e. The molecule has 7 heteroatoms. The minimum absolute atomic E-state index is 0.0298. The lowest BCUT2D eigenvalue weighted by molar-refractivity contribution is 0.0701. The fourth-order valence-electron chi connectivity index (χ4n) is 5.26. The van der Waals surface area contributed by atoms with Gasteiger partial charge in [0.1, 0.15) is 23.0 Å². The zero-order chi connectivity index (χ0) is 22.4. The molecule has 1 saturated heterocycles. The lowest BCUT2D eigenvalue weighted by Gasteiger charge is -2.34. The number of aromatic nitrogens is 3. The first kappa shape index (κ1) is 21.4. The molecule has 0 unspecified atom stereocenters. The average molecular weight is 438 g/mol. The molecule has 0 aromatic carbocycles. The normalized spacial score (nSPS) is 21.2. The van der Waals surface area contributed by atoms with Gasteiger partial charge in [0.25, 0.3) is 5.91 Å². The SMILES string of the molecule is Cc1nc([C@H]2CCCN(C(=O)c3c(C(C)C)noc3C)C2)nc2c1CCCN2CC1CC1. The van der Waals surface area contributed by atoms with Crippen molar-refractivity contribution in [2.45, 2.75) is 78.1 Å². The number of fused-ring (bicyclic) bond motifs is 1. The van der Waals surface area contributed by atoms with E-state index in [1.807, 2.05) is 25.7 Å². The minimum Gasteiger partial charge on any atom is -0.361 e. The van der Waals surface area contributed by atoms with E-state index in [1.165, 1.54) is 24.8 Å². The molecule has 1 amide bonds. The first-order chi connectivity index (χ1) is 15.4. The summed E-state index contributed by atoms with van der Waals surface area (Å²) in [5.74, 6) is 3.86. The second-order valence-corrected chi connectivity index (χ2v) is 10.2. The fraction of sp³-hybridized carbons (Fsp3) is 0.680. The van der Waals surface area contributed by atoms with E-state index in [2.05, 4.69) is 17.0 Å². The van der Waals surface area contributed by atoms with Crippen LogP contribution in [0.3, 0.4) is 0 Å². The topological polar surface area (TPSA) is 75.4 Å². The molecule has 0 radical (unpaired) electrons. The molecule has 2 fully saturated rings. The maximum atomic E-state index is 13.4. The molecule has 7 nitrogen and oxygen atoms in total. The number of nitrogens with zero attached hydrogens (tertiary/aromatic N) is 5. The molecule has 32 heavy (non-hydrogen) atoms. The van der Waals surface area contributed by atoms with Crippen LogP contribution in [-0.2, 0) is 6.42 Å². The summed E-state index contributed by atoms with van der Waals surface area (Å²) in [6.07, 6.45) is 6.94. The van der Waals surface area contributed by atoms with Gasteiger partial charge in [0.2, 0.25) is 0 Å². The van der Waals surface area contributed by atoms with Crippen LogP contribution in [0.1, 0.15) is 96.7 Å². The zero-order valence-electron chi connectivity index (χ0n) is 19.9. The van der Waals surface area contributed by atoms with E-state index in [0.29, 0.717) is 17.9 Å². The monoisotopic (exact) mass is 437 g/mol. The summed E-state index contributed by atoms with van der Waals surface area (Å²) in [6, 6.07) is 0. The van der Waals surface area contributed by atoms with Crippen LogP contribution < -0.4 is 4.90 Å². The van der Waals surface area contributed by atoms with E-state index in [0.717, 1.165) is 67.8 Å². The predicted octanol–water partition coefficient (Wildman–Crippen LogP) is 4.39. The van der Waals surface area contributed by atoms with Gasteiger partial charge in [-0.05, 0) is 64.2 Å². The Morgan fingerprint density at radius 1 is 1.12 bits per heavy atom. The third-order valence-corrected chi connectivity index (χ3v) is 7.26. The lowest BCUT2D eigenvalue weighted by atomic mass is 9.94. The van der Waals surface area contributed by atoms with Gasteiger partial charge < -0.3 is 14.3 Å². The summed E-state index contributed by atoms with van der Waals surface area (Å²) in [4.78, 5) is 28.0. The van der Waals surface area contributed by atoms with Gasteiger partial charge in [-0.3, -0.25) is 4.79 Å². The number of piperidine rings is 1. The minimum atomic E-state index is 0.0298. The van der Waals surface area contributed by atoms with Crippen molar-refractivity contribution in [1.82, 2.24) is 20.0 Å². The number of carbonyl (C=O) groups excluding carboxylic acids is 1. The van der Waals surface area contributed by atoms with Crippen molar-refractivity contribution in [3.8, 4) is 0 Å². The molecule has 2 aliphatic heterocycles. The van der Waals surface area contributed by atoms with Crippen LogP contribution in [0.25, 0.3) is 0 Å². The van der Waals surface area contributed by atoms with Gasteiger partial charge in [-0.15, -0.1) is 0 Å². The van der Waals surface area contributed by atoms with E-state index in [-0.39, 0.29) is 17.7 Å². The first-order valence-electron chi connectivity index (χ1n) is 12.3. The van der Waals surface area contributed by atoms with Crippen molar-refractivity contribution >= 4 is 11.7 Å². The number of amides is 1. The smallest absolute Gasteiger partial charge is 0.259 e. The number of anilines is 1. The van der Waals surface area contributed by atoms with Crippen molar-refractivity contribution in [1.29, 1.82) is 0 Å². The van der Waals surface area contributed by atoms with Crippen LogP contribution in [0.5, 0.6) is 0 Å². The molecular formula is C25H35N5O2. The van der Waals surface area contributed by atoms with E-state index in [9.17, 15) is 4.79 Å². The summed E-state index contributed by atoms with van der Waals surface area (Å²) in [5.41, 5.74) is 3.84. The zero-order valence-corrected chi connectivity index (χ0v) is 19.9. The molecule has 1 aliphatic carbocycles. The Morgan fingerprint density at radius 2 is 1.94 bits per heavy atom.